The molecule has 1 heterocycles. The summed E-state index contributed by atoms with van der Waals surface area (Å²) in [5, 5.41) is 11.3. The van der Waals surface area contributed by atoms with Gasteiger partial charge < -0.3 is 14.8 Å². The Bertz CT molecular complexity index is 807. The second-order valence-corrected chi connectivity index (χ2v) is 4.57. The predicted octanol–water partition coefficient (Wildman–Crippen LogP) is 3.68. The fourth-order valence-corrected chi connectivity index (χ4v) is 2.57. The van der Waals surface area contributed by atoms with E-state index < -0.39 is 5.97 Å². The van der Waals surface area contributed by atoms with Crippen molar-refractivity contribution in [3.63, 3.8) is 0 Å². The maximum absolute atomic E-state index is 11.2. The summed E-state index contributed by atoms with van der Waals surface area (Å²) in [7, 11) is 1.56. The molecule has 0 aliphatic heterocycles. The topological polar surface area (TPSA) is 62.3 Å². The minimum absolute atomic E-state index is 0.215. The fraction of sp³-hybridized carbons (Fsp3) is 0.0714. The standard InChI is InChI=1S/C14H10ClNO3/c1-19-10-6-5-9(15)11-7-3-2-4-8(14(17)18)12(7)16-13(10)11/h2-6,16H,1H3,(H,17,18). The summed E-state index contributed by atoms with van der Waals surface area (Å²) in [5.41, 5.74) is 1.47. The van der Waals surface area contributed by atoms with E-state index in [4.69, 9.17) is 16.3 Å². The molecule has 0 aliphatic rings. The van der Waals surface area contributed by atoms with Gasteiger partial charge in [-0.05, 0) is 18.2 Å². The number of ether oxygens (including phenoxy) is 1. The summed E-state index contributed by atoms with van der Waals surface area (Å²) in [6, 6.07) is 8.59. The Morgan fingerprint density at radius 2 is 2.05 bits per heavy atom. The number of aromatic nitrogens is 1. The first-order valence-electron chi connectivity index (χ1n) is 5.63. The number of hydrogen-bond acceptors (Lipinski definition) is 2. The summed E-state index contributed by atoms with van der Waals surface area (Å²) >= 11 is 6.22. The molecular formula is C14H10ClNO3. The van der Waals surface area contributed by atoms with Crippen LogP contribution in [-0.4, -0.2) is 23.2 Å². The van der Waals surface area contributed by atoms with Gasteiger partial charge in [-0.3, -0.25) is 0 Å². The Balaban J connectivity index is 2.55. The van der Waals surface area contributed by atoms with Gasteiger partial charge in [0.05, 0.1) is 28.7 Å². The molecule has 0 bridgehead atoms. The molecule has 0 fully saturated rings. The third-order valence-corrected chi connectivity index (χ3v) is 3.47. The highest BCUT2D eigenvalue weighted by molar-refractivity contribution is 6.38. The third-order valence-electron chi connectivity index (χ3n) is 3.15. The fourth-order valence-electron chi connectivity index (χ4n) is 2.31. The molecule has 1 aromatic heterocycles. The SMILES string of the molecule is COc1ccc(Cl)c2c1[nH]c1c(C(=O)O)cccc12. The van der Waals surface area contributed by atoms with E-state index in [2.05, 4.69) is 4.98 Å². The number of fused-ring (bicyclic) bond motifs is 3. The lowest BCUT2D eigenvalue weighted by Crippen LogP contribution is -1.96. The Kier molecular flexibility index (Phi) is 2.61. The second kappa shape index (κ2) is 4.17. The highest BCUT2D eigenvalue weighted by atomic mass is 35.5. The van der Waals surface area contributed by atoms with Gasteiger partial charge in [0, 0.05) is 10.8 Å². The molecule has 96 valence electrons. The number of benzene rings is 2. The maximum atomic E-state index is 11.2. The van der Waals surface area contributed by atoms with Crippen LogP contribution in [-0.2, 0) is 0 Å². The molecule has 0 saturated carbocycles. The van der Waals surface area contributed by atoms with E-state index >= 15 is 0 Å². The molecule has 5 heteroatoms. The van der Waals surface area contributed by atoms with Crippen LogP contribution in [0.4, 0.5) is 0 Å². The van der Waals surface area contributed by atoms with Crippen LogP contribution in [0.15, 0.2) is 30.3 Å². The quantitative estimate of drug-likeness (QED) is 0.750. The first-order chi connectivity index (χ1) is 9.13. The normalized spacial score (nSPS) is 11.1. The van der Waals surface area contributed by atoms with Crippen LogP contribution in [0.25, 0.3) is 21.8 Å². The molecule has 0 unspecified atom stereocenters. The zero-order chi connectivity index (χ0) is 13.6. The highest BCUT2D eigenvalue weighted by Gasteiger charge is 2.16. The van der Waals surface area contributed by atoms with E-state index in [1.54, 1.807) is 31.4 Å². The van der Waals surface area contributed by atoms with Gasteiger partial charge in [-0.2, -0.15) is 0 Å². The van der Waals surface area contributed by atoms with Crippen LogP contribution >= 0.6 is 11.6 Å². The average Bonchev–Trinajstić information content (AvgIpc) is 2.78. The summed E-state index contributed by atoms with van der Waals surface area (Å²) < 4.78 is 5.28. The molecule has 0 atom stereocenters. The van der Waals surface area contributed by atoms with E-state index in [0.29, 0.717) is 21.8 Å². The van der Waals surface area contributed by atoms with Crippen molar-refractivity contribution in [3.8, 4) is 5.75 Å². The zero-order valence-electron chi connectivity index (χ0n) is 10.0. The average molecular weight is 276 g/mol. The molecule has 4 nitrogen and oxygen atoms in total. The monoisotopic (exact) mass is 275 g/mol. The van der Waals surface area contributed by atoms with Crippen molar-refractivity contribution in [2.75, 3.05) is 7.11 Å². The number of aromatic carboxylic acids is 1. The number of methoxy groups -OCH3 is 1. The van der Waals surface area contributed by atoms with Crippen LogP contribution in [0, 0.1) is 0 Å². The minimum atomic E-state index is -0.979. The van der Waals surface area contributed by atoms with Crippen molar-refractivity contribution < 1.29 is 14.6 Å². The zero-order valence-corrected chi connectivity index (χ0v) is 10.8. The van der Waals surface area contributed by atoms with E-state index in [1.165, 1.54) is 0 Å². The van der Waals surface area contributed by atoms with Crippen molar-refractivity contribution in [1.29, 1.82) is 0 Å². The largest absolute Gasteiger partial charge is 0.495 e. The molecule has 2 aromatic carbocycles. The van der Waals surface area contributed by atoms with Crippen LogP contribution in [0.3, 0.4) is 0 Å². The smallest absolute Gasteiger partial charge is 0.337 e. The van der Waals surface area contributed by atoms with Crippen LogP contribution < -0.4 is 4.74 Å². The van der Waals surface area contributed by atoms with Crippen molar-refractivity contribution >= 4 is 39.4 Å². The van der Waals surface area contributed by atoms with Crippen molar-refractivity contribution in [1.82, 2.24) is 4.98 Å². The summed E-state index contributed by atoms with van der Waals surface area (Å²) in [4.78, 5) is 14.3. The number of carboxylic acid groups (broad SMARTS) is 1. The molecule has 0 amide bonds. The molecule has 0 saturated heterocycles. The van der Waals surface area contributed by atoms with Crippen LogP contribution in [0.5, 0.6) is 5.75 Å². The number of rotatable bonds is 2. The number of nitrogens with one attached hydrogen (secondary N) is 1. The number of carbonyl (C=O) groups is 1. The minimum Gasteiger partial charge on any atom is -0.495 e. The number of halogens is 1. The van der Waals surface area contributed by atoms with Gasteiger partial charge in [0.25, 0.3) is 0 Å². The van der Waals surface area contributed by atoms with Gasteiger partial charge in [0.2, 0.25) is 0 Å². The molecular weight excluding hydrogens is 266 g/mol. The van der Waals surface area contributed by atoms with Crippen molar-refractivity contribution in [2.24, 2.45) is 0 Å². The number of hydrogen-bond donors (Lipinski definition) is 2. The van der Waals surface area contributed by atoms with Gasteiger partial charge in [-0.25, -0.2) is 4.79 Å². The van der Waals surface area contributed by atoms with Crippen molar-refractivity contribution in [3.05, 3.63) is 40.9 Å². The van der Waals surface area contributed by atoms with Crippen LogP contribution in [0.2, 0.25) is 5.02 Å². The molecule has 0 radical (unpaired) electrons. The lowest BCUT2D eigenvalue weighted by molar-refractivity contribution is 0.0699. The van der Waals surface area contributed by atoms with Crippen molar-refractivity contribution in [2.45, 2.75) is 0 Å². The maximum Gasteiger partial charge on any atom is 0.337 e. The van der Waals surface area contributed by atoms with Crippen LogP contribution in [0.1, 0.15) is 10.4 Å². The molecule has 2 N–H and O–H groups in total. The van der Waals surface area contributed by atoms with Gasteiger partial charge >= 0.3 is 5.97 Å². The summed E-state index contributed by atoms with van der Waals surface area (Å²) in [6.45, 7) is 0. The third kappa shape index (κ3) is 1.64. The van der Waals surface area contributed by atoms with Gasteiger partial charge in [-0.1, -0.05) is 23.7 Å². The summed E-state index contributed by atoms with van der Waals surface area (Å²) in [5.74, 6) is -0.348. The van der Waals surface area contributed by atoms with E-state index in [1.807, 2.05) is 6.07 Å². The Labute approximate surface area is 113 Å². The Hall–Kier alpha value is -2.20. The van der Waals surface area contributed by atoms with E-state index in [0.717, 1.165) is 10.8 Å². The molecule has 3 aromatic rings. The number of H-pyrrole nitrogens is 1. The van der Waals surface area contributed by atoms with Gasteiger partial charge in [0.15, 0.2) is 0 Å². The molecule has 0 spiro atoms. The number of carboxylic acids is 1. The molecule has 3 rings (SSSR count). The Morgan fingerprint density at radius 3 is 2.74 bits per heavy atom. The van der Waals surface area contributed by atoms with E-state index in [-0.39, 0.29) is 5.56 Å². The first-order valence-corrected chi connectivity index (χ1v) is 6.01. The summed E-state index contributed by atoms with van der Waals surface area (Å²) in [6.07, 6.45) is 0. The number of aromatic amines is 1. The first kappa shape index (κ1) is 11.9. The lowest BCUT2D eigenvalue weighted by Gasteiger charge is -2.02. The predicted molar refractivity (Wildman–Crippen MR) is 74.3 cm³/mol. The lowest BCUT2D eigenvalue weighted by atomic mass is 10.1. The Morgan fingerprint density at radius 1 is 1.26 bits per heavy atom. The highest BCUT2D eigenvalue weighted by Crippen LogP contribution is 2.37. The van der Waals surface area contributed by atoms with E-state index in [9.17, 15) is 9.90 Å². The molecule has 0 aliphatic carbocycles. The van der Waals surface area contributed by atoms with Gasteiger partial charge in [-0.15, -0.1) is 0 Å². The van der Waals surface area contributed by atoms with Gasteiger partial charge in [0.1, 0.15) is 5.75 Å². The number of para-hydroxylation sites is 1. The second-order valence-electron chi connectivity index (χ2n) is 4.16. The molecule has 19 heavy (non-hydrogen) atoms.